The Labute approximate surface area is 284 Å². The monoisotopic (exact) mass is 629 g/mol. The van der Waals surface area contributed by atoms with E-state index < -0.39 is 0 Å². The summed E-state index contributed by atoms with van der Waals surface area (Å²) >= 11 is 1.86. The van der Waals surface area contributed by atoms with Gasteiger partial charge in [-0.15, -0.1) is 11.3 Å². The van der Waals surface area contributed by atoms with Gasteiger partial charge in [-0.2, -0.15) is 0 Å². The number of thiophene rings is 1. The highest BCUT2D eigenvalue weighted by Crippen LogP contribution is 2.46. The zero-order valence-corrected chi connectivity index (χ0v) is 27.1. The lowest BCUT2D eigenvalue weighted by Gasteiger charge is -2.28. The molecule has 0 aliphatic heterocycles. The maximum absolute atomic E-state index is 2.42. The van der Waals surface area contributed by atoms with Crippen LogP contribution in [0.3, 0.4) is 0 Å². The summed E-state index contributed by atoms with van der Waals surface area (Å²) < 4.78 is 2.62. The first kappa shape index (κ1) is 28.3. The van der Waals surface area contributed by atoms with Crippen LogP contribution in [0.1, 0.15) is 0 Å². The smallest absolute Gasteiger partial charge is 0.0540 e. The highest BCUT2D eigenvalue weighted by atomic mass is 32.1. The lowest BCUT2D eigenvalue weighted by molar-refractivity contribution is 1.28. The number of hydrogen-bond donors (Lipinski definition) is 0. The van der Waals surface area contributed by atoms with E-state index >= 15 is 0 Å². The summed E-state index contributed by atoms with van der Waals surface area (Å²) in [5, 5.41) is 5.14. The van der Waals surface area contributed by atoms with Gasteiger partial charge in [-0.25, -0.2) is 0 Å². The molecule has 48 heavy (non-hydrogen) atoms. The van der Waals surface area contributed by atoms with Gasteiger partial charge in [0, 0.05) is 37.1 Å². The minimum absolute atomic E-state index is 1.11. The molecule has 226 valence electrons. The topological polar surface area (TPSA) is 3.24 Å². The van der Waals surface area contributed by atoms with Gasteiger partial charge in [0.25, 0.3) is 0 Å². The van der Waals surface area contributed by atoms with Crippen molar-refractivity contribution in [3.63, 3.8) is 0 Å². The Morgan fingerprint density at radius 3 is 1.88 bits per heavy atom. The van der Waals surface area contributed by atoms with Crippen LogP contribution in [0.25, 0.3) is 64.3 Å². The molecule has 1 heterocycles. The van der Waals surface area contributed by atoms with Gasteiger partial charge >= 0.3 is 0 Å². The molecule has 0 bridgehead atoms. The second kappa shape index (κ2) is 12.0. The van der Waals surface area contributed by atoms with Crippen LogP contribution in [0.4, 0.5) is 17.1 Å². The third kappa shape index (κ3) is 4.95. The average molecular weight is 630 g/mol. The average Bonchev–Trinajstić information content (AvgIpc) is 3.55. The number of nitrogens with zero attached hydrogens (tertiary/aromatic N) is 1. The first-order chi connectivity index (χ1) is 23.8. The van der Waals surface area contributed by atoms with E-state index in [1.165, 1.54) is 64.3 Å². The molecule has 1 aromatic heterocycles. The fourth-order valence-corrected chi connectivity index (χ4v) is 8.18. The third-order valence-corrected chi connectivity index (χ3v) is 10.4. The molecule has 0 unspecified atom stereocenters. The van der Waals surface area contributed by atoms with E-state index in [0.717, 1.165) is 17.1 Å². The second-order valence-corrected chi connectivity index (χ2v) is 13.2. The predicted molar refractivity (Wildman–Crippen MR) is 208 cm³/mol. The highest BCUT2D eigenvalue weighted by Gasteiger charge is 2.20. The summed E-state index contributed by atoms with van der Waals surface area (Å²) in [6, 6.07) is 68.1. The SMILES string of the molecule is c1ccc(-c2cccc(N(c3ccc(-c4cccc5ccccc45)cc3)c3ccccc3-c3cccc4sc5ccccc5c34)c2)cc1. The van der Waals surface area contributed by atoms with E-state index in [4.69, 9.17) is 0 Å². The fourth-order valence-electron chi connectivity index (χ4n) is 7.05. The van der Waals surface area contributed by atoms with E-state index in [9.17, 15) is 0 Å². The van der Waals surface area contributed by atoms with Crippen molar-refractivity contribution in [2.75, 3.05) is 4.90 Å². The largest absolute Gasteiger partial charge is 0.310 e. The molecular weight excluding hydrogens is 599 g/mol. The molecule has 0 aliphatic rings. The summed E-state index contributed by atoms with van der Waals surface area (Å²) in [5.74, 6) is 0. The standard InChI is InChI=1S/C46H31NS/c1-2-13-32(14-3-1)35-17-10-18-37(31-35)47(36-29-27-34(28-30-36)39-22-11-16-33-15-4-5-19-38(33)39)43-24-8-6-20-40(43)41-23-12-26-45-46(41)42-21-7-9-25-44(42)48-45/h1-31H. The fraction of sp³-hybridized carbons (Fsp3) is 0. The van der Waals surface area contributed by atoms with E-state index in [1.54, 1.807) is 0 Å². The van der Waals surface area contributed by atoms with Gasteiger partial charge in [-0.3, -0.25) is 0 Å². The molecule has 0 saturated carbocycles. The van der Waals surface area contributed by atoms with Crippen molar-refractivity contribution in [2.24, 2.45) is 0 Å². The van der Waals surface area contributed by atoms with Gasteiger partial charge in [0.15, 0.2) is 0 Å². The normalized spacial score (nSPS) is 11.3. The Hall–Kier alpha value is -5.96. The number of anilines is 3. The van der Waals surface area contributed by atoms with E-state index in [1.807, 2.05) is 11.3 Å². The Kier molecular flexibility index (Phi) is 7.07. The molecule has 0 radical (unpaired) electrons. The van der Waals surface area contributed by atoms with E-state index in [2.05, 4.69) is 193 Å². The summed E-state index contributed by atoms with van der Waals surface area (Å²) in [6.07, 6.45) is 0. The second-order valence-electron chi connectivity index (χ2n) is 12.1. The highest BCUT2D eigenvalue weighted by molar-refractivity contribution is 7.25. The van der Waals surface area contributed by atoms with Gasteiger partial charge in [-0.1, -0.05) is 146 Å². The number of benzene rings is 8. The Morgan fingerprint density at radius 2 is 0.979 bits per heavy atom. The van der Waals surface area contributed by atoms with E-state index in [0.29, 0.717) is 0 Å². The van der Waals surface area contributed by atoms with Crippen LogP contribution in [0, 0.1) is 0 Å². The van der Waals surface area contributed by atoms with Crippen molar-refractivity contribution < 1.29 is 0 Å². The molecule has 0 spiro atoms. The van der Waals surface area contributed by atoms with Crippen LogP contribution in [-0.4, -0.2) is 0 Å². The number of para-hydroxylation sites is 1. The maximum atomic E-state index is 2.42. The van der Waals surface area contributed by atoms with Crippen LogP contribution in [0.15, 0.2) is 188 Å². The van der Waals surface area contributed by atoms with Crippen molar-refractivity contribution in [3.05, 3.63) is 188 Å². The van der Waals surface area contributed by atoms with Gasteiger partial charge in [0.05, 0.1) is 5.69 Å². The molecule has 2 heteroatoms. The number of hydrogen-bond acceptors (Lipinski definition) is 2. The summed E-state index contributed by atoms with van der Waals surface area (Å²) in [4.78, 5) is 2.42. The first-order valence-corrected chi connectivity index (χ1v) is 17.2. The van der Waals surface area contributed by atoms with Crippen LogP contribution in [-0.2, 0) is 0 Å². The summed E-state index contributed by atoms with van der Waals surface area (Å²) in [6.45, 7) is 0. The van der Waals surface area contributed by atoms with E-state index in [-0.39, 0.29) is 0 Å². The minimum atomic E-state index is 1.11. The molecule has 0 saturated heterocycles. The van der Waals surface area contributed by atoms with Gasteiger partial charge in [0.1, 0.15) is 0 Å². The Balaban J connectivity index is 1.25. The van der Waals surface area contributed by atoms with Crippen molar-refractivity contribution in [1.29, 1.82) is 0 Å². The van der Waals surface area contributed by atoms with Crippen molar-refractivity contribution in [3.8, 4) is 33.4 Å². The quantitative estimate of drug-likeness (QED) is 0.177. The van der Waals surface area contributed by atoms with Crippen LogP contribution >= 0.6 is 11.3 Å². The first-order valence-electron chi connectivity index (χ1n) is 16.4. The molecule has 1 nitrogen and oxygen atoms in total. The predicted octanol–water partition coefficient (Wildman–Crippen LogP) is 13.7. The lowest BCUT2D eigenvalue weighted by atomic mass is 9.96. The van der Waals surface area contributed by atoms with Gasteiger partial charge in [-0.05, 0) is 81.1 Å². The van der Waals surface area contributed by atoms with Gasteiger partial charge in [0.2, 0.25) is 0 Å². The summed E-state index contributed by atoms with van der Waals surface area (Å²) in [5.41, 5.74) is 10.7. The van der Waals surface area contributed by atoms with Gasteiger partial charge < -0.3 is 4.90 Å². The number of fused-ring (bicyclic) bond motifs is 4. The molecule has 0 amide bonds. The van der Waals surface area contributed by atoms with Crippen LogP contribution in [0.5, 0.6) is 0 Å². The molecule has 0 aliphatic carbocycles. The van der Waals surface area contributed by atoms with Crippen molar-refractivity contribution >= 4 is 59.3 Å². The zero-order chi connectivity index (χ0) is 31.9. The molecular formula is C46H31NS. The third-order valence-electron chi connectivity index (χ3n) is 9.28. The number of rotatable bonds is 6. The Morgan fingerprint density at radius 1 is 0.354 bits per heavy atom. The minimum Gasteiger partial charge on any atom is -0.310 e. The molecule has 0 atom stereocenters. The molecule has 9 rings (SSSR count). The van der Waals surface area contributed by atoms with Crippen molar-refractivity contribution in [1.82, 2.24) is 0 Å². The molecule has 0 N–H and O–H groups in total. The maximum Gasteiger partial charge on any atom is 0.0540 e. The van der Waals surface area contributed by atoms with Crippen molar-refractivity contribution in [2.45, 2.75) is 0 Å². The van der Waals surface area contributed by atoms with Crippen LogP contribution in [0.2, 0.25) is 0 Å². The summed E-state index contributed by atoms with van der Waals surface area (Å²) in [7, 11) is 0. The Bertz CT molecular complexity index is 2560. The van der Waals surface area contributed by atoms with Crippen LogP contribution < -0.4 is 4.90 Å². The zero-order valence-electron chi connectivity index (χ0n) is 26.3. The molecule has 8 aromatic carbocycles. The lowest BCUT2D eigenvalue weighted by Crippen LogP contribution is -2.11. The molecule has 9 aromatic rings. The molecule has 0 fully saturated rings.